The second-order valence-electron chi connectivity index (χ2n) is 10.8. The molecule has 0 aliphatic carbocycles. The van der Waals surface area contributed by atoms with E-state index in [0.717, 1.165) is 66.8 Å². The average molecular weight is 567 g/mol. The van der Waals surface area contributed by atoms with Gasteiger partial charge in [0.05, 0.1) is 0 Å². The summed E-state index contributed by atoms with van der Waals surface area (Å²) in [6.45, 7) is 0. The molecule has 0 bridgehead atoms. The Balaban J connectivity index is 1.81. The molecule has 44 heavy (non-hydrogen) atoms. The molecule has 0 saturated heterocycles. The molecule has 2 heteroatoms. The van der Waals surface area contributed by atoms with Gasteiger partial charge in [0.1, 0.15) is 11.5 Å². The van der Waals surface area contributed by atoms with E-state index < -0.39 is 0 Å². The minimum Gasteiger partial charge on any atom is -0.508 e. The second-order valence-corrected chi connectivity index (χ2v) is 10.8. The van der Waals surface area contributed by atoms with Crippen LogP contribution < -0.4 is 0 Å². The fraction of sp³-hybridized carbons (Fsp3) is 0. The molecule has 0 radical (unpaired) electrons. The molecule has 2 N–H and O–H groups in total. The van der Waals surface area contributed by atoms with E-state index in [4.69, 9.17) is 0 Å². The third-order valence-corrected chi connectivity index (χ3v) is 8.06. The summed E-state index contributed by atoms with van der Waals surface area (Å²) >= 11 is 0. The highest BCUT2D eigenvalue weighted by Crippen LogP contribution is 2.55. The third-order valence-electron chi connectivity index (χ3n) is 8.06. The fourth-order valence-corrected chi connectivity index (χ4v) is 6.16. The van der Waals surface area contributed by atoms with Gasteiger partial charge in [-0.05, 0) is 91.0 Å². The van der Waals surface area contributed by atoms with Gasteiger partial charge >= 0.3 is 0 Å². The van der Waals surface area contributed by atoms with Crippen LogP contribution in [0.2, 0.25) is 0 Å². The predicted molar refractivity (Wildman–Crippen MR) is 182 cm³/mol. The van der Waals surface area contributed by atoms with Gasteiger partial charge in [-0.25, -0.2) is 0 Å². The maximum Gasteiger partial charge on any atom is 0.115 e. The van der Waals surface area contributed by atoms with Crippen LogP contribution >= 0.6 is 0 Å². The van der Waals surface area contributed by atoms with Crippen molar-refractivity contribution in [2.45, 2.75) is 0 Å². The Morgan fingerprint density at radius 3 is 0.591 bits per heavy atom. The molecule has 0 aliphatic heterocycles. The first-order valence-corrected chi connectivity index (χ1v) is 14.7. The van der Waals surface area contributed by atoms with E-state index in [1.54, 1.807) is 24.3 Å². The van der Waals surface area contributed by atoms with Crippen molar-refractivity contribution in [3.05, 3.63) is 170 Å². The molecule has 7 aromatic carbocycles. The lowest BCUT2D eigenvalue weighted by Gasteiger charge is -2.28. The Morgan fingerprint density at radius 2 is 0.386 bits per heavy atom. The van der Waals surface area contributed by atoms with Crippen LogP contribution in [0.15, 0.2) is 170 Å². The molecule has 0 aliphatic rings. The Morgan fingerprint density at radius 1 is 0.205 bits per heavy atom. The molecular formula is C42H30O2. The minimum atomic E-state index is 0.216. The van der Waals surface area contributed by atoms with Crippen LogP contribution in [0.3, 0.4) is 0 Å². The normalized spacial score (nSPS) is 10.9. The zero-order valence-corrected chi connectivity index (χ0v) is 24.1. The highest BCUT2D eigenvalue weighted by atomic mass is 16.3. The summed E-state index contributed by atoms with van der Waals surface area (Å²) in [6, 6.07) is 57.3. The van der Waals surface area contributed by atoms with Crippen molar-refractivity contribution < 1.29 is 10.2 Å². The first-order valence-electron chi connectivity index (χ1n) is 14.7. The van der Waals surface area contributed by atoms with Crippen molar-refractivity contribution in [1.29, 1.82) is 0 Å². The summed E-state index contributed by atoms with van der Waals surface area (Å²) in [7, 11) is 0. The van der Waals surface area contributed by atoms with Crippen LogP contribution in [0.4, 0.5) is 0 Å². The van der Waals surface area contributed by atoms with Gasteiger partial charge in [-0.3, -0.25) is 0 Å². The highest BCUT2D eigenvalue weighted by Gasteiger charge is 2.28. The Bertz CT molecular complexity index is 1860. The van der Waals surface area contributed by atoms with E-state index in [1.165, 1.54) is 0 Å². The van der Waals surface area contributed by atoms with Crippen LogP contribution in [-0.4, -0.2) is 10.2 Å². The summed E-state index contributed by atoms with van der Waals surface area (Å²) in [6.07, 6.45) is 0. The van der Waals surface area contributed by atoms with Crippen LogP contribution in [0.1, 0.15) is 0 Å². The maximum atomic E-state index is 10.3. The molecule has 0 heterocycles. The standard InChI is InChI=1S/C42H30O2/c43-35-25-21-33(22-26-35)41-39(31-17-9-3-10-18-31)37(29-13-5-1-6-14-29)38(30-15-7-2-8-16-30)40(32-19-11-4-12-20-32)42(41)34-23-27-36(44)28-24-34/h1-28,43-44H. The summed E-state index contributed by atoms with van der Waals surface area (Å²) in [4.78, 5) is 0. The molecule has 0 atom stereocenters. The summed E-state index contributed by atoms with van der Waals surface area (Å²) in [5.74, 6) is 0.433. The monoisotopic (exact) mass is 566 g/mol. The zero-order valence-electron chi connectivity index (χ0n) is 24.1. The van der Waals surface area contributed by atoms with Crippen molar-refractivity contribution in [1.82, 2.24) is 0 Å². The van der Waals surface area contributed by atoms with E-state index in [-0.39, 0.29) is 11.5 Å². The fourth-order valence-electron chi connectivity index (χ4n) is 6.16. The molecule has 0 spiro atoms. The van der Waals surface area contributed by atoms with Crippen LogP contribution in [0.5, 0.6) is 11.5 Å². The van der Waals surface area contributed by atoms with Crippen LogP contribution in [-0.2, 0) is 0 Å². The molecule has 0 unspecified atom stereocenters. The van der Waals surface area contributed by atoms with Crippen molar-refractivity contribution in [3.8, 4) is 78.3 Å². The Hall–Kier alpha value is -5.86. The van der Waals surface area contributed by atoms with E-state index in [9.17, 15) is 10.2 Å². The van der Waals surface area contributed by atoms with Crippen molar-refractivity contribution in [3.63, 3.8) is 0 Å². The van der Waals surface area contributed by atoms with Gasteiger partial charge in [0.25, 0.3) is 0 Å². The van der Waals surface area contributed by atoms with E-state index in [0.29, 0.717) is 0 Å². The zero-order chi connectivity index (χ0) is 29.9. The van der Waals surface area contributed by atoms with Gasteiger partial charge in [-0.15, -0.1) is 0 Å². The minimum absolute atomic E-state index is 0.216. The molecule has 0 amide bonds. The summed E-state index contributed by atoms with van der Waals surface area (Å²) < 4.78 is 0. The number of hydrogen-bond donors (Lipinski definition) is 2. The number of rotatable bonds is 6. The maximum absolute atomic E-state index is 10.3. The largest absolute Gasteiger partial charge is 0.508 e. The van der Waals surface area contributed by atoms with Crippen LogP contribution in [0.25, 0.3) is 66.8 Å². The molecule has 0 saturated carbocycles. The number of phenols is 2. The summed E-state index contributed by atoms with van der Waals surface area (Å²) in [5.41, 5.74) is 12.9. The van der Waals surface area contributed by atoms with Gasteiger partial charge in [0.2, 0.25) is 0 Å². The first kappa shape index (κ1) is 27.0. The average Bonchev–Trinajstić information content (AvgIpc) is 3.09. The third kappa shape index (κ3) is 5.04. The second kappa shape index (κ2) is 11.8. The van der Waals surface area contributed by atoms with E-state index in [2.05, 4.69) is 109 Å². The van der Waals surface area contributed by atoms with Gasteiger partial charge in [0, 0.05) is 0 Å². The first-order chi connectivity index (χ1) is 21.7. The lowest BCUT2D eigenvalue weighted by Crippen LogP contribution is -2.02. The van der Waals surface area contributed by atoms with Gasteiger partial charge < -0.3 is 10.2 Å². The molecule has 2 nitrogen and oxygen atoms in total. The number of benzene rings is 7. The van der Waals surface area contributed by atoms with Crippen molar-refractivity contribution >= 4 is 0 Å². The number of aromatic hydroxyl groups is 2. The van der Waals surface area contributed by atoms with Gasteiger partial charge in [0.15, 0.2) is 0 Å². The smallest absolute Gasteiger partial charge is 0.115 e. The predicted octanol–water partition coefficient (Wildman–Crippen LogP) is 11.1. The number of phenolic OH excluding ortho intramolecular Hbond substituents is 2. The van der Waals surface area contributed by atoms with Gasteiger partial charge in [-0.2, -0.15) is 0 Å². The quantitative estimate of drug-likeness (QED) is 0.210. The Kier molecular flexibility index (Phi) is 7.24. The Labute approximate surface area is 257 Å². The lowest BCUT2D eigenvalue weighted by molar-refractivity contribution is 0.475. The molecule has 0 fully saturated rings. The topological polar surface area (TPSA) is 40.5 Å². The SMILES string of the molecule is Oc1ccc(-c2c(-c3ccccc3)c(-c3ccccc3)c(-c3ccccc3)c(-c3ccccc3)c2-c2ccc(O)cc2)cc1. The molecule has 7 rings (SSSR count). The van der Waals surface area contributed by atoms with Crippen molar-refractivity contribution in [2.75, 3.05) is 0 Å². The van der Waals surface area contributed by atoms with E-state index >= 15 is 0 Å². The highest BCUT2D eigenvalue weighted by molar-refractivity contribution is 6.15. The van der Waals surface area contributed by atoms with Gasteiger partial charge in [-0.1, -0.05) is 146 Å². The lowest BCUT2D eigenvalue weighted by atomic mass is 9.74. The van der Waals surface area contributed by atoms with Crippen molar-refractivity contribution in [2.24, 2.45) is 0 Å². The molecule has 0 aromatic heterocycles. The van der Waals surface area contributed by atoms with Crippen LogP contribution in [0, 0.1) is 0 Å². The van der Waals surface area contributed by atoms with E-state index in [1.807, 2.05) is 36.4 Å². The summed E-state index contributed by atoms with van der Waals surface area (Å²) in [5, 5.41) is 20.7. The molecule has 210 valence electrons. The molecule has 7 aromatic rings. The number of hydrogen-bond acceptors (Lipinski definition) is 2. The molecular weight excluding hydrogens is 536 g/mol.